The van der Waals surface area contributed by atoms with Crippen LogP contribution in [-0.4, -0.2) is 24.5 Å². The van der Waals surface area contributed by atoms with Crippen molar-refractivity contribution in [1.82, 2.24) is 0 Å². The molecule has 0 aromatic heterocycles. The van der Waals surface area contributed by atoms with Gasteiger partial charge in [0.1, 0.15) is 5.75 Å². The third kappa shape index (κ3) is 4.58. The van der Waals surface area contributed by atoms with Crippen molar-refractivity contribution in [2.24, 2.45) is 5.10 Å². The fraction of sp³-hybridized carbons (Fsp3) is 0.0833. The lowest BCUT2D eigenvalue weighted by atomic mass is 10.1. The number of hydrogen-bond donors (Lipinski definition) is 0. The Morgan fingerprint density at radius 1 is 1.03 bits per heavy atom. The first-order chi connectivity index (χ1) is 14.6. The first-order valence-corrected chi connectivity index (χ1v) is 10.7. The summed E-state index contributed by atoms with van der Waals surface area (Å²) in [5, 5.41) is 6.80. The maximum absolute atomic E-state index is 13.2. The van der Waals surface area contributed by atoms with Gasteiger partial charge in [0.15, 0.2) is 0 Å². The maximum atomic E-state index is 13.2. The number of nitrogens with zero attached hydrogens (tertiary/aromatic N) is 2. The molecule has 4 rings (SSSR count). The quantitative estimate of drug-likeness (QED) is 0.357. The minimum absolute atomic E-state index is 0.143. The highest BCUT2D eigenvalue weighted by Gasteiger charge is 2.31. The van der Waals surface area contributed by atoms with Crippen LogP contribution in [0.3, 0.4) is 0 Å². The molecular weight excluding hydrogens is 416 g/mol. The number of amides is 1. The van der Waals surface area contributed by atoms with Crippen molar-refractivity contribution < 1.29 is 9.53 Å². The summed E-state index contributed by atoms with van der Waals surface area (Å²) in [7, 11) is 1.62. The number of hydrazone groups is 1. The molecule has 0 atom stereocenters. The molecule has 150 valence electrons. The molecule has 1 heterocycles. The van der Waals surface area contributed by atoms with Crippen molar-refractivity contribution in [2.45, 2.75) is 4.90 Å². The molecule has 0 spiro atoms. The zero-order valence-corrected chi connectivity index (χ0v) is 17.9. The van der Waals surface area contributed by atoms with E-state index in [1.165, 1.54) is 5.01 Å². The maximum Gasteiger partial charge on any atom is 0.280 e. The van der Waals surface area contributed by atoms with Crippen molar-refractivity contribution in [2.75, 3.05) is 17.9 Å². The van der Waals surface area contributed by atoms with Gasteiger partial charge in [-0.15, -0.1) is 11.8 Å². The Morgan fingerprint density at radius 2 is 1.80 bits per heavy atom. The molecule has 6 heteroatoms. The van der Waals surface area contributed by atoms with Gasteiger partial charge in [-0.05, 0) is 60.2 Å². The number of benzene rings is 3. The molecule has 0 saturated heterocycles. The highest BCUT2D eigenvalue weighted by atomic mass is 35.5. The topological polar surface area (TPSA) is 41.9 Å². The lowest BCUT2D eigenvalue weighted by molar-refractivity contribution is -0.114. The smallest absolute Gasteiger partial charge is 0.280 e. The number of methoxy groups -OCH3 is 1. The van der Waals surface area contributed by atoms with Crippen molar-refractivity contribution >= 4 is 46.7 Å². The second-order valence-electron chi connectivity index (χ2n) is 6.58. The Bertz CT molecular complexity index is 1110. The summed E-state index contributed by atoms with van der Waals surface area (Å²) in [6.45, 7) is 0. The molecule has 0 saturated carbocycles. The van der Waals surface area contributed by atoms with Crippen molar-refractivity contribution in [1.29, 1.82) is 0 Å². The first-order valence-electron chi connectivity index (χ1n) is 9.35. The van der Waals surface area contributed by atoms with Gasteiger partial charge in [-0.1, -0.05) is 41.9 Å². The summed E-state index contributed by atoms with van der Waals surface area (Å²) in [6.07, 6.45) is 1.87. The van der Waals surface area contributed by atoms with Gasteiger partial charge in [0, 0.05) is 15.7 Å². The first kappa shape index (κ1) is 20.3. The SMILES string of the molecule is COc1cccc(C=C2C(=O)N(c3ccccc3)N=C2CSc2ccc(Cl)cc2)c1. The predicted octanol–water partition coefficient (Wildman–Crippen LogP) is 5.93. The lowest BCUT2D eigenvalue weighted by Crippen LogP contribution is -2.21. The van der Waals surface area contributed by atoms with Gasteiger partial charge in [-0.25, -0.2) is 0 Å². The summed E-state index contributed by atoms with van der Waals surface area (Å²) < 4.78 is 5.31. The number of rotatable bonds is 6. The normalized spacial score (nSPS) is 14.9. The highest BCUT2D eigenvalue weighted by Crippen LogP contribution is 2.29. The van der Waals surface area contributed by atoms with Crippen molar-refractivity contribution in [3.05, 3.63) is 95.0 Å². The summed E-state index contributed by atoms with van der Waals surface area (Å²) in [5.74, 6) is 1.16. The number of carbonyl (C=O) groups is 1. The molecule has 0 radical (unpaired) electrons. The molecule has 0 bridgehead atoms. The second kappa shape index (κ2) is 9.20. The Balaban J connectivity index is 1.66. The van der Waals surface area contributed by atoms with E-state index in [2.05, 4.69) is 5.10 Å². The van der Waals surface area contributed by atoms with Crippen molar-refractivity contribution in [3.8, 4) is 5.75 Å². The van der Waals surface area contributed by atoms with Crippen LogP contribution < -0.4 is 9.75 Å². The molecular formula is C24H19ClN2O2S. The number of para-hydroxylation sites is 1. The summed E-state index contributed by atoms with van der Waals surface area (Å²) in [6, 6.07) is 24.7. The van der Waals surface area contributed by atoms with Crippen LogP contribution in [0.4, 0.5) is 5.69 Å². The minimum Gasteiger partial charge on any atom is -0.497 e. The van der Waals surface area contributed by atoms with Crippen LogP contribution in [0.25, 0.3) is 6.08 Å². The number of halogens is 1. The summed E-state index contributed by atoms with van der Waals surface area (Å²) in [5.41, 5.74) is 2.93. The monoisotopic (exact) mass is 434 g/mol. The van der Waals surface area contributed by atoms with Crippen LogP contribution in [0.2, 0.25) is 5.02 Å². The van der Waals surface area contributed by atoms with E-state index in [1.54, 1.807) is 18.9 Å². The molecule has 1 amide bonds. The number of ether oxygens (including phenoxy) is 1. The predicted molar refractivity (Wildman–Crippen MR) is 125 cm³/mol. The average molecular weight is 435 g/mol. The molecule has 0 unspecified atom stereocenters. The number of anilines is 1. The molecule has 0 fully saturated rings. The highest BCUT2D eigenvalue weighted by molar-refractivity contribution is 8.00. The van der Waals surface area contributed by atoms with Gasteiger partial charge in [0.2, 0.25) is 0 Å². The Kier molecular flexibility index (Phi) is 6.21. The molecule has 0 aliphatic carbocycles. The minimum atomic E-state index is -0.143. The van der Waals surface area contributed by atoms with Gasteiger partial charge < -0.3 is 4.74 Å². The van der Waals surface area contributed by atoms with Crippen molar-refractivity contribution in [3.63, 3.8) is 0 Å². The molecule has 1 aliphatic heterocycles. The van der Waals surface area contributed by atoms with Crippen LogP contribution in [-0.2, 0) is 4.79 Å². The fourth-order valence-electron chi connectivity index (χ4n) is 3.03. The van der Waals surface area contributed by atoms with E-state index in [4.69, 9.17) is 16.3 Å². The lowest BCUT2D eigenvalue weighted by Gasteiger charge is -2.11. The van der Waals surface area contributed by atoms with Gasteiger partial charge in [0.25, 0.3) is 5.91 Å². The molecule has 3 aromatic rings. The Morgan fingerprint density at radius 3 is 2.53 bits per heavy atom. The van der Waals surface area contributed by atoms with Crippen LogP contribution >= 0.6 is 23.4 Å². The van der Waals surface area contributed by atoms with Crippen LogP contribution in [0, 0.1) is 0 Å². The Labute approximate surface area is 184 Å². The molecule has 3 aromatic carbocycles. The standard InChI is InChI=1S/C24H19ClN2O2S/c1-29-20-9-5-6-17(14-20)15-22-23(16-30-21-12-10-18(25)11-13-21)26-27(24(22)28)19-7-3-2-4-8-19/h2-15H,16H2,1H3. The Hall–Kier alpha value is -3.02. The van der Waals surface area contributed by atoms with E-state index in [-0.39, 0.29) is 5.91 Å². The fourth-order valence-corrected chi connectivity index (χ4v) is 4.00. The number of thioether (sulfide) groups is 1. The molecule has 1 aliphatic rings. The third-order valence-electron chi connectivity index (χ3n) is 4.55. The number of carbonyl (C=O) groups excluding carboxylic acids is 1. The van der Waals surface area contributed by atoms with E-state index in [1.807, 2.05) is 84.9 Å². The zero-order valence-electron chi connectivity index (χ0n) is 16.3. The molecule has 0 N–H and O–H groups in total. The van der Waals surface area contributed by atoms with Crippen LogP contribution in [0.5, 0.6) is 5.75 Å². The van der Waals surface area contributed by atoms with E-state index < -0.39 is 0 Å². The van der Waals surface area contributed by atoms with Gasteiger partial charge >= 0.3 is 0 Å². The summed E-state index contributed by atoms with van der Waals surface area (Å²) in [4.78, 5) is 14.3. The van der Waals surface area contributed by atoms with E-state index >= 15 is 0 Å². The average Bonchev–Trinajstić information content (AvgIpc) is 3.09. The van der Waals surface area contributed by atoms with E-state index in [9.17, 15) is 4.79 Å². The van der Waals surface area contributed by atoms with E-state index in [0.29, 0.717) is 16.3 Å². The van der Waals surface area contributed by atoms with Crippen LogP contribution in [0.15, 0.2) is 94.4 Å². The zero-order chi connectivity index (χ0) is 20.9. The second-order valence-corrected chi connectivity index (χ2v) is 8.06. The summed E-state index contributed by atoms with van der Waals surface area (Å²) >= 11 is 7.59. The van der Waals surface area contributed by atoms with Gasteiger partial charge in [-0.3, -0.25) is 4.79 Å². The molecule has 30 heavy (non-hydrogen) atoms. The van der Waals surface area contributed by atoms with Crippen LogP contribution in [0.1, 0.15) is 5.56 Å². The van der Waals surface area contributed by atoms with E-state index in [0.717, 1.165) is 27.6 Å². The van der Waals surface area contributed by atoms with Gasteiger partial charge in [-0.2, -0.15) is 10.1 Å². The van der Waals surface area contributed by atoms with Gasteiger partial charge in [0.05, 0.1) is 24.1 Å². The molecule has 4 nitrogen and oxygen atoms in total. The largest absolute Gasteiger partial charge is 0.497 e. The number of hydrogen-bond acceptors (Lipinski definition) is 4. The third-order valence-corrected chi connectivity index (χ3v) is 5.82.